The summed E-state index contributed by atoms with van der Waals surface area (Å²) in [6.45, 7) is 0.799. The second kappa shape index (κ2) is 10.7. The van der Waals surface area contributed by atoms with Gasteiger partial charge in [-0.2, -0.15) is 18.4 Å². The molecule has 1 aliphatic heterocycles. The largest absolute Gasteiger partial charge is 0.419 e. The van der Waals surface area contributed by atoms with Gasteiger partial charge in [-0.15, -0.1) is 0 Å². The monoisotopic (exact) mass is 549 g/mol. The quantitative estimate of drug-likeness (QED) is 0.330. The summed E-state index contributed by atoms with van der Waals surface area (Å²) in [4.78, 5) is 16.9. The Balaban J connectivity index is 1.62. The van der Waals surface area contributed by atoms with Crippen LogP contribution in [0.3, 0.4) is 0 Å². The van der Waals surface area contributed by atoms with Gasteiger partial charge in [0.2, 0.25) is 0 Å². The molecular formula is C27H21Cl2F4N3O. The Morgan fingerprint density at radius 2 is 1.84 bits per heavy atom. The van der Waals surface area contributed by atoms with E-state index in [2.05, 4.69) is 0 Å². The van der Waals surface area contributed by atoms with E-state index in [-0.39, 0.29) is 24.4 Å². The van der Waals surface area contributed by atoms with E-state index in [0.29, 0.717) is 39.8 Å². The van der Waals surface area contributed by atoms with Crippen molar-refractivity contribution in [2.24, 2.45) is 0 Å². The minimum absolute atomic E-state index is 0.156. The van der Waals surface area contributed by atoms with Crippen LogP contribution in [0.15, 0.2) is 60.7 Å². The predicted octanol–water partition coefficient (Wildman–Crippen LogP) is 6.76. The maximum absolute atomic E-state index is 14.2. The molecule has 0 N–H and O–H groups in total. The van der Waals surface area contributed by atoms with Gasteiger partial charge < -0.3 is 4.90 Å². The molecule has 0 spiro atoms. The topological polar surface area (TPSA) is 47.3 Å². The highest BCUT2D eigenvalue weighted by Gasteiger charge is 2.39. The van der Waals surface area contributed by atoms with Gasteiger partial charge in [-0.25, -0.2) is 4.39 Å². The van der Waals surface area contributed by atoms with Gasteiger partial charge in [0.25, 0.3) is 5.91 Å². The first-order chi connectivity index (χ1) is 17.5. The van der Waals surface area contributed by atoms with E-state index in [9.17, 15) is 27.6 Å². The van der Waals surface area contributed by atoms with Crippen molar-refractivity contribution < 1.29 is 22.4 Å². The first-order valence-electron chi connectivity index (χ1n) is 11.3. The lowest BCUT2D eigenvalue weighted by Gasteiger charge is -2.29. The van der Waals surface area contributed by atoms with Gasteiger partial charge in [0, 0.05) is 37.2 Å². The molecule has 2 atom stereocenters. The van der Waals surface area contributed by atoms with Crippen molar-refractivity contribution in [3.05, 3.63) is 104 Å². The molecule has 0 saturated carbocycles. The summed E-state index contributed by atoms with van der Waals surface area (Å²) in [7, 11) is 1.77. The van der Waals surface area contributed by atoms with Gasteiger partial charge in [-0.1, -0.05) is 41.4 Å². The molecule has 1 fully saturated rings. The number of likely N-dealkylation sites (tertiary alicyclic amines) is 1. The Morgan fingerprint density at radius 1 is 1.08 bits per heavy atom. The third kappa shape index (κ3) is 5.90. The van der Waals surface area contributed by atoms with E-state index >= 15 is 0 Å². The summed E-state index contributed by atoms with van der Waals surface area (Å²) in [5, 5.41) is 9.93. The van der Waals surface area contributed by atoms with Gasteiger partial charge in [-0.05, 0) is 60.6 Å². The normalized spacial score (nSPS) is 17.8. The number of likely N-dealkylation sites (N-methyl/N-ethyl adjacent to an activating group) is 1. The number of nitrogens with zero attached hydrogens (tertiary/aromatic N) is 3. The second-order valence-corrected chi connectivity index (χ2v) is 9.79. The van der Waals surface area contributed by atoms with E-state index in [1.165, 1.54) is 12.1 Å². The smallest absolute Gasteiger partial charge is 0.336 e. The molecule has 4 nitrogen and oxygen atoms in total. The molecule has 0 radical (unpaired) electrons. The fourth-order valence-electron chi connectivity index (χ4n) is 4.67. The maximum atomic E-state index is 14.2. The molecule has 0 unspecified atom stereocenters. The lowest BCUT2D eigenvalue weighted by atomic mass is 9.93. The molecule has 1 saturated heterocycles. The molecular weight excluding hydrogens is 529 g/mol. The summed E-state index contributed by atoms with van der Waals surface area (Å²) in [6.07, 6.45) is -4.78. The third-order valence-electron chi connectivity index (χ3n) is 6.52. The van der Waals surface area contributed by atoms with E-state index in [1.807, 2.05) is 17.0 Å². The number of alkyl halides is 3. The van der Waals surface area contributed by atoms with Crippen LogP contribution in [0.5, 0.6) is 0 Å². The molecule has 0 bridgehead atoms. The molecule has 3 aromatic carbocycles. The average molecular weight is 550 g/mol. The number of nitriles is 1. The summed E-state index contributed by atoms with van der Waals surface area (Å²) in [5.74, 6) is -1.79. The lowest BCUT2D eigenvalue weighted by molar-refractivity contribution is -0.140. The van der Waals surface area contributed by atoms with Gasteiger partial charge in [-0.3, -0.25) is 9.69 Å². The van der Waals surface area contributed by atoms with E-state index in [1.54, 1.807) is 42.3 Å². The number of benzene rings is 3. The van der Waals surface area contributed by atoms with Crippen LogP contribution >= 0.6 is 23.2 Å². The number of carbonyl (C=O) groups is 1. The van der Waals surface area contributed by atoms with Crippen molar-refractivity contribution >= 4 is 29.1 Å². The predicted molar refractivity (Wildman–Crippen MR) is 133 cm³/mol. The van der Waals surface area contributed by atoms with Crippen molar-refractivity contribution in [2.45, 2.75) is 24.7 Å². The van der Waals surface area contributed by atoms with Gasteiger partial charge in [0.1, 0.15) is 5.82 Å². The van der Waals surface area contributed by atoms with Crippen molar-refractivity contribution in [1.29, 1.82) is 5.26 Å². The first kappa shape index (κ1) is 26.9. The van der Waals surface area contributed by atoms with Gasteiger partial charge >= 0.3 is 6.18 Å². The van der Waals surface area contributed by atoms with Crippen LogP contribution < -0.4 is 0 Å². The highest BCUT2D eigenvalue weighted by molar-refractivity contribution is 6.42. The second-order valence-electron chi connectivity index (χ2n) is 8.98. The number of hydrogen-bond acceptors (Lipinski definition) is 3. The highest BCUT2D eigenvalue weighted by Crippen LogP contribution is 2.36. The standard InChI is InChI=1S/C27H21Cl2F4N3O/c1-35(13-17-5-7-21(24(30)10-17)27(31,32)33)25-15-36(26(37)19-4-2-3-16(9-19)12-34)14-20(25)18-6-8-22(28)23(29)11-18/h2-11,20,25H,13-15H2,1H3/t20-,25+/m1/s1. The molecule has 1 amide bonds. The van der Waals surface area contributed by atoms with E-state index in [0.717, 1.165) is 17.7 Å². The first-order valence-corrected chi connectivity index (χ1v) is 12.0. The maximum Gasteiger partial charge on any atom is 0.419 e. The molecule has 4 rings (SSSR count). The van der Waals surface area contributed by atoms with Crippen LogP contribution in [-0.4, -0.2) is 41.9 Å². The lowest BCUT2D eigenvalue weighted by Crippen LogP contribution is -2.38. The molecule has 3 aromatic rings. The zero-order valence-electron chi connectivity index (χ0n) is 19.6. The molecule has 10 heteroatoms. The van der Waals surface area contributed by atoms with Crippen molar-refractivity contribution in [3.8, 4) is 6.07 Å². The summed E-state index contributed by atoms with van der Waals surface area (Å²) < 4.78 is 53.1. The van der Waals surface area contributed by atoms with Crippen LogP contribution in [0, 0.1) is 17.1 Å². The van der Waals surface area contributed by atoms with Crippen molar-refractivity contribution in [2.75, 3.05) is 20.1 Å². The zero-order valence-corrected chi connectivity index (χ0v) is 21.1. The number of hydrogen-bond donors (Lipinski definition) is 0. The zero-order chi connectivity index (χ0) is 26.9. The fraction of sp³-hybridized carbons (Fsp3) is 0.259. The van der Waals surface area contributed by atoms with Crippen LogP contribution in [0.25, 0.3) is 0 Å². The van der Waals surface area contributed by atoms with Gasteiger partial charge in [0.15, 0.2) is 0 Å². The molecule has 192 valence electrons. The molecule has 1 aliphatic rings. The molecule has 0 aromatic heterocycles. The minimum Gasteiger partial charge on any atom is -0.336 e. The summed E-state index contributed by atoms with van der Waals surface area (Å²) in [5.41, 5.74) is 0.632. The third-order valence-corrected chi connectivity index (χ3v) is 7.26. The Hall–Kier alpha value is -3.12. The number of amides is 1. The Kier molecular flexibility index (Phi) is 7.79. The number of carbonyl (C=O) groups excluding carboxylic acids is 1. The Bertz CT molecular complexity index is 1370. The molecule has 0 aliphatic carbocycles. The van der Waals surface area contributed by atoms with Crippen LogP contribution in [-0.2, 0) is 12.7 Å². The molecule has 1 heterocycles. The number of halogens is 6. The van der Waals surface area contributed by atoms with Crippen molar-refractivity contribution in [1.82, 2.24) is 9.80 Å². The molecule has 37 heavy (non-hydrogen) atoms. The summed E-state index contributed by atoms with van der Waals surface area (Å²) >= 11 is 12.3. The minimum atomic E-state index is -4.78. The fourth-order valence-corrected chi connectivity index (χ4v) is 4.97. The summed E-state index contributed by atoms with van der Waals surface area (Å²) in [6, 6.07) is 16.3. The van der Waals surface area contributed by atoms with E-state index in [4.69, 9.17) is 23.2 Å². The van der Waals surface area contributed by atoms with Crippen LogP contribution in [0.4, 0.5) is 17.6 Å². The van der Waals surface area contributed by atoms with Crippen LogP contribution in [0.1, 0.15) is 38.5 Å². The highest BCUT2D eigenvalue weighted by atomic mass is 35.5. The number of rotatable bonds is 5. The SMILES string of the molecule is CN(Cc1ccc(C(F)(F)F)c(F)c1)[C@H]1CN(C(=O)c2cccc(C#N)c2)C[C@@H]1c1ccc(Cl)c(Cl)c1. The Morgan fingerprint density at radius 3 is 2.49 bits per heavy atom. The Labute approximate surface area is 221 Å². The van der Waals surface area contributed by atoms with Gasteiger partial charge in [0.05, 0.1) is 27.2 Å². The van der Waals surface area contributed by atoms with Crippen LogP contribution in [0.2, 0.25) is 10.0 Å². The van der Waals surface area contributed by atoms with Crippen molar-refractivity contribution in [3.63, 3.8) is 0 Å². The van der Waals surface area contributed by atoms with E-state index < -0.39 is 17.6 Å². The average Bonchev–Trinajstić information content (AvgIpc) is 3.30.